The summed E-state index contributed by atoms with van der Waals surface area (Å²) in [4.78, 5) is 12.2. The van der Waals surface area contributed by atoms with E-state index in [2.05, 4.69) is 10.6 Å². The van der Waals surface area contributed by atoms with Crippen molar-refractivity contribution in [3.63, 3.8) is 0 Å². The minimum atomic E-state index is -3.67. The molecule has 142 valence electrons. The molecule has 0 spiro atoms. The number of nitrogens with zero attached hydrogens (tertiary/aromatic N) is 1. The van der Waals surface area contributed by atoms with Gasteiger partial charge in [0.2, 0.25) is 0 Å². The van der Waals surface area contributed by atoms with E-state index in [1.54, 1.807) is 24.3 Å². The second kappa shape index (κ2) is 9.56. The summed E-state index contributed by atoms with van der Waals surface area (Å²) in [7, 11) is -0.349. The maximum atomic E-state index is 12.7. The van der Waals surface area contributed by atoms with Crippen molar-refractivity contribution in [1.82, 2.24) is 10.6 Å². The lowest BCUT2D eigenvalue weighted by molar-refractivity contribution is 0.0950. The molecule has 2 aromatic rings. The predicted molar refractivity (Wildman–Crippen MR) is 107 cm³/mol. The molecular weight excluding hydrogens is 374 g/mol. The Balaban J connectivity index is 0.00000338. The van der Waals surface area contributed by atoms with Gasteiger partial charge in [0, 0.05) is 25.2 Å². The Labute approximate surface area is 161 Å². The first-order chi connectivity index (χ1) is 11.9. The normalized spacial score (nSPS) is 12.0. The second-order valence-electron chi connectivity index (χ2n) is 5.73. The van der Waals surface area contributed by atoms with Crippen LogP contribution in [-0.4, -0.2) is 41.0 Å². The smallest absolute Gasteiger partial charge is 0.264 e. The SMILES string of the molecule is CNC(C)CNC(=O)c1ccc(S(=O)(=O)N(C)c2ccccc2)cc1.Cl. The molecule has 0 bridgehead atoms. The van der Waals surface area contributed by atoms with Gasteiger partial charge in [-0.15, -0.1) is 12.4 Å². The van der Waals surface area contributed by atoms with Crippen LogP contribution in [-0.2, 0) is 10.0 Å². The van der Waals surface area contributed by atoms with E-state index in [1.807, 2.05) is 20.0 Å². The van der Waals surface area contributed by atoms with Gasteiger partial charge in [-0.05, 0) is 50.4 Å². The highest BCUT2D eigenvalue weighted by atomic mass is 35.5. The molecule has 1 amide bonds. The summed E-state index contributed by atoms with van der Waals surface area (Å²) < 4.78 is 26.6. The van der Waals surface area contributed by atoms with Crippen molar-refractivity contribution in [2.45, 2.75) is 17.9 Å². The summed E-state index contributed by atoms with van der Waals surface area (Å²) in [5.41, 5.74) is 0.995. The molecule has 0 aliphatic carbocycles. The van der Waals surface area contributed by atoms with Crippen molar-refractivity contribution in [2.75, 3.05) is 24.9 Å². The Bertz CT molecular complexity index is 811. The molecular formula is C18H24ClN3O3S. The van der Waals surface area contributed by atoms with Crippen LogP contribution in [0.1, 0.15) is 17.3 Å². The van der Waals surface area contributed by atoms with E-state index >= 15 is 0 Å². The molecule has 0 aliphatic heterocycles. The van der Waals surface area contributed by atoms with Gasteiger partial charge in [0.25, 0.3) is 15.9 Å². The Morgan fingerprint density at radius 3 is 2.19 bits per heavy atom. The fourth-order valence-corrected chi connectivity index (χ4v) is 3.36. The Hall–Kier alpha value is -2.09. The summed E-state index contributed by atoms with van der Waals surface area (Å²) in [6.07, 6.45) is 0. The van der Waals surface area contributed by atoms with E-state index in [9.17, 15) is 13.2 Å². The first-order valence-corrected chi connectivity index (χ1v) is 9.39. The molecule has 0 saturated carbocycles. The molecule has 26 heavy (non-hydrogen) atoms. The largest absolute Gasteiger partial charge is 0.350 e. The van der Waals surface area contributed by atoms with E-state index in [-0.39, 0.29) is 29.3 Å². The van der Waals surface area contributed by atoms with Crippen LogP contribution >= 0.6 is 12.4 Å². The zero-order valence-corrected chi connectivity index (χ0v) is 16.6. The van der Waals surface area contributed by atoms with E-state index < -0.39 is 10.0 Å². The Kier molecular flexibility index (Phi) is 8.08. The van der Waals surface area contributed by atoms with Gasteiger partial charge in [0.15, 0.2) is 0 Å². The average Bonchev–Trinajstić information content (AvgIpc) is 2.65. The molecule has 0 aromatic heterocycles. The minimum Gasteiger partial charge on any atom is -0.350 e. The number of halogens is 1. The topological polar surface area (TPSA) is 78.5 Å². The van der Waals surface area contributed by atoms with Crippen LogP contribution in [0.5, 0.6) is 0 Å². The standard InChI is InChI=1S/C18H23N3O3S.ClH/c1-14(19-2)13-20-18(22)15-9-11-17(12-10-15)25(23,24)21(3)16-7-5-4-6-8-16;/h4-12,14,19H,13H2,1-3H3,(H,20,22);1H. The van der Waals surface area contributed by atoms with Gasteiger partial charge >= 0.3 is 0 Å². The number of sulfonamides is 1. The second-order valence-corrected chi connectivity index (χ2v) is 7.70. The van der Waals surface area contributed by atoms with E-state index in [4.69, 9.17) is 0 Å². The monoisotopic (exact) mass is 397 g/mol. The van der Waals surface area contributed by atoms with Crippen molar-refractivity contribution in [2.24, 2.45) is 0 Å². The number of nitrogens with one attached hydrogen (secondary N) is 2. The third kappa shape index (κ3) is 5.20. The van der Waals surface area contributed by atoms with Gasteiger partial charge in [-0.1, -0.05) is 18.2 Å². The van der Waals surface area contributed by atoms with Gasteiger partial charge in [-0.2, -0.15) is 0 Å². The molecule has 0 fully saturated rings. The van der Waals surface area contributed by atoms with Gasteiger partial charge in [-0.3, -0.25) is 9.10 Å². The Morgan fingerprint density at radius 2 is 1.65 bits per heavy atom. The predicted octanol–water partition coefficient (Wildman–Crippen LogP) is 2.27. The maximum Gasteiger partial charge on any atom is 0.264 e. The van der Waals surface area contributed by atoms with Crippen molar-refractivity contribution in [3.8, 4) is 0 Å². The lowest BCUT2D eigenvalue weighted by Gasteiger charge is -2.19. The molecule has 0 saturated heterocycles. The molecule has 1 unspecified atom stereocenters. The van der Waals surface area contributed by atoms with Gasteiger partial charge in [0.1, 0.15) is 0 Å². The van der Waals surface area contributed by atoms with Crippen LogP contribution in [0.15, 0.2) is 59.5 Å². The number of rotatable bonds is 7. The number of hydrogen-bond donors (Lipinski definition) is 2. The summed E-state index contributed by atoms with van der Waals surface area (Å²) in [5, 5.41) is 5.82. The molecule has 0 radical (unpaired) electrons. The highest BCUT2D eigenvalue weighted by Crippen LogP contribution is 2.21. The highest BCUT2D eigenvalue weighted by Gasteiger charge is 2.21. The molecule has 1 atom stereocenters. The van der Waals surface area contributed by atoms with E-state index in [1.165, 1.54) is 35.6 Å². The van der Waals surface area contributed by atoms with Gasteiger partial charge in [-0.25, -0.2) is 8.42 Å². The lowest BCUT2D eigenvalue weighted by Crippen LogP contribution is -2.37. The van der Waals surface area contributed by atoms with Crippen molar-refractivity contribution >= 4 is 34.0 Å². The number of amides is 1. The van der Waals surface area contributed by atoms with Crippen molar-refractivity contribution in [1.29, 1.82) is 0 Å². The Morgan fingerprint density at radius 1 is 1.08 bits per heavy atom. The fraction of sp³-hybridized carbons (Fsp3) is 0.278. The van der Waals surface area contributed by atoms with Crippen LogP contribution in [0.3, 0.4) is 0 Å². The number of anilines is 1. The van der Waals surface area contributed by atoms with E-state index in [0.717, 1.165) is 0 Å². The average molecular weight is 398 g/mol. The molecule has 2 aromatic carbocycles. The van der Waals surface area contributed by atoms with Crippen LogP contribution in [0.4, 0.5) is 5.69 Å². The quantitative estimate of drug-likeness (QED) is 0.751. The molecule has 2 N–H and O–H groups in total. The third-order valence-corrected chi connectivity index (χ3v) is 5.76. The molecule has 8 heteroatoms. The maximum absolute atomic E-state index is 12.7. The van der Waals surface area contributed by atoms with Gasteiger partial charge < -0.3 is 10.6 Å². The third-order valence-electron chi connectivity index (χ3n) is 3.96. The summed E-state index contributed by atoms with van der Waals surface area (Å²) in [6, 6.07) is 14.9. The van der Waals surface area contributed by atoms with Gasteiger partial charge in [0.05, 0.1) is 10.6 Å². The van der Waals surface area contributed by atoms with E-state index in [0.29, 0.717) is 17.8 Å². The zero-order valence-electron chi connectivity index (χ0n) is 15.0. The number of likely N-dealkylation sites (N-methyl/N-ethyl adjacent to an activating group) is 1. The van der Waals surface area contributed by atoms with Crippen LogP contribution in [0, 0.1) is 0 Å². The van der Waals surface area contributed by atoms with Crippen molar-refractivity contribution in [3.05, 3.63) is 60.2 Å². The van der Waals surface area contributed by atoms with Crippen LogP contribution in [0.2, 0.25) is 0 Å². The minimum absolute atomic E-state index is 0. The number of carbonyl (C=O) groups excluding carboxylic acids is 1. The molecule has 0 heterocycles. The highest BCUT2D eigenvalue weighted by molar-refractivity contribution is 7.92. The first-order valence-electron chi connectivity index (χ1n) is 7.95. The number of benzene rings is 2. The van der Waals surface area contributed by atoms with Crippen LogP contribution in [0.25, 0.3) is 0 Å². The molecule has 0 aliphatic rings. The van der Waals surface area contributed by atoms with Crippen LogP contribution < -0.4 is 14.9 Å². The molecule has 2 rings (SSSR count). The lowest BCUT2D eigenvalue weighted by atomic mass is 10.2. The first kappa shape index (κ1) is 22.0. The number of hydrogen-bond acceptors (Lipinski definition) is 4. The number of para-hydroxylation sites is 1. The zero-order chi connectivity index (χ0) is 18.4. The summed E-state index contributed by atoms with van der Waals surface area (Å²) in [6.45, 7) is 2.45. The number of carbonyl (C=O) groups is 1. The van der Waals surface area contributed by atoms with Crippen molar-refractivity contribution < 1.29 is 13.2 Å². The summed E-state index contributed by atoms with van der Waals surface area (Å²) >= 11 is 0. The fourth-order valence-electron chi connectivity index (χ4n) is 2.16. The molecule has 6 nitrogen and oxygen atoms in total. The summed E-state index contributed by atoms with van der Waals surface area (Å²) in [5.74, 6) is -0.234.